The van der Waals surface area contributed by atoms with Gasteiger partial charge in [0.1, 0.15) is 6.10 Å². The minimum absolute atomic E-state index is 0.117. The van der Waals surface area contributed by atoms with Crippen molar-refractivity contribution in [2.45, 2.75) is 57.9 Å². The smallest absolute Gasteiger partial charge is 0.338 e. The molecule has 0 aromatic heterocycles. The lowest BCUT2D eigenvalue weighted by atomic mass is 10.0. The van der Waals surface area contributed by atoms with Crippen LogP contribution in [0.4, 0.5) is 0 Å². The Kier molecular flexibility index (Phi) is 7.01. The first-order chi connectivity index (χ1) is 13.9. The molecule has 3 rings (SSSR count). The lowest BCUT2D eigenvalue weighted by molar-refractivity contribution is -0.270. The van der Waals surface area contributed by atoms with Crippen LogP contribution in [0.5, 0.6) is 0 Å². The lowest BCUT2D eigenvalue weighted by Crippen LogP contribution is -2.51. The van der Waals surface area contributed by atoms with Crippen LogP contribution in [0.2, 0.25) is 0 Å². The van der Waals surface area contributed by atoms with Crippen molar-refractivity contribution in [1.82, 2.24) is 0 Å². The third-order valence-corrected chi connectivity index (χ3v) is 4.58. The zero-order chi connectivity index (χ0) is 20.8. The van der Waals surface area contributed by atoms with E-state index >= 15 is 0 Å². The van der Waals surface area contributed by atoms with Crippen LogP contribution in [0.15, 0.2) is 60.7 Å². The Morgan fingerprint density at radius 3 is 1.83 bits per heavy atom. The summed E-state index contributed by atoms with van der Waals surface area (Å²) in [6.07, 6.45) is -2.23. The molecule has 6 heteroatoms. The summed E-state index contributed by atoms with van der Waals surface area (Å²) in [5, 5.41) is 0. The van der Waals surface area contributed by atoms with Crippen molar-refractivity contribution in [2.24, 2.45) is 0 Å². The molecular formula is C23H26O6. The van der Waals surface area contributed by atoms with E-state index in [0.717, 1.165) is 0 Å². The summed E-state index contributed by atoms with van der Waals surface area (Å²) in [6.45, 7) is 5.58. The third kappa shape index (κ3) is 5.65. The standard InChI is InChI=1S/C23H26O6/c1-15(2)26-23-20(29-22(25)18-12-8-5-9-13-18)14-19(16(3)27-23)28-21(24)17-10-6-4-7-11-17/h4-13,15-16,19-20,23H,14H2,1-3H3/t16?,19-,20?,23-/m1/s1. The van der Waals surface area contributed by atoms with Crippen molar-refractivity contribution in [3.05, 3.63) is 71.8 Å². The fourth-order valence-electron chi connectivity index (χ4n) is 3.11. The maximum atomic E-state index is 12.5. The average molecular weight is 398 g/mol. The number of hydrogen-bond acceptors (Lipinski definition) is 6. The average Bonchev–Trinajstić information content (AvgIpc) is 2.72. The molecule has 4 atom stereocenters. The molecule has 1 aliphatic heterocycles. The molecular weight excluding hydrogens is 372 g/mol. The van der Waals surface area contributed by atoms with Crippen molar-refractivity contribution in [3.8, 4) is 0 Å². The fourth-order valence-corrected chi connectivity index (χ4v) is 3.11. The minimum atomic E-state index is -0.732. The quantitative estimate of drug-likeness (QED) is 0.685. The Morgan fingerprint density at radius 1 is 0.862 bits per heavy atom. The molecule has 0 spiro atoms. The van der Waals surface area contributed by atoms with Crippen LogP contribution in [-0.4, -0.2) is 42.6 Å². The van der Waals surface area contributed by atoms with Gasteiger partial charge in [-0.05, 0) is 45.0 Å². The number of benzene rings is 2. The van der Waals surface area contributed by atoms with Gasteiger partial charge in [-0.25, -0.2) is 9.59 Å². The normalized spacial score (nSPS) is 24.1. The number of rotatable bonds is 6. The van der Waals surface area contributed by atoms with Gasteiger partial charge in [-0.1, -0.05) is 36.4 Å². The number of esters is 2. The summed E-state index contributed by atoms with van der Waals surface area (Å²) in [5.41, 5.74) is 0.894. The molecule has 29 heavy (non-hydrogen) atoms. The predicted molar refractivity (Wildman–Crippen MR) is 106 cm³/mol. The van der Waals surface area contributed by atoms with Gasteiger partial charge in [-0.15, -0.1) is 0 Å². The second-order valence-corrected chi connectivity index (χ2v) is 7.25. The predicted octanol–water partition coefficient (Wildman–Crippen LogP) is 4.00. The van der Waals surface area contributed by atoms with E-state index in [1.54, 1.807) is 48.5 Å². The second kappa shape index (κ2) is 9.67. The first kappa shape index (κ1) is 21.0. The van der Waals surface area contributed by atoms with Crippen molar-refractivity contribution in [3.63, 3.8) is 0 Å². The van der Waals surface area contributed by atoms with Crippen LogP contribution in [0, 0.1) is 0 Å². The van der Waals surface area contributed by atoms with E-state index in [4.69, 9.17) is 18.9 Å². The highest BCUT2D eigenvalue weighted by Gasteiger charge is 2.41. The summed E-state index contributed by atoms with van der Waals surface area (Å²) >= 11 is 0. The molecule has 0 radical (unpaired) electrons. The lowest BCUT2D eigenvalue weighted by Gasteiger charge is -2.39. The second-order valence-electron chi connectivity index (χ2n) is 7.25. The highest BCUT2D eigenvalue weighted by Crippen LogP contribution is 2.28. The van der Waals surface area contributed by atoms with Crippen LogP contribution >= 0.6 is 0 Å². The Morgan fingerprint density at radius 2 is 1.34 bits per heavy atom. The summed E-state index contributed by atoms with van der Waals surface area (Å²) < 4.78 is 23.1. The van der Waals surface area contributed by atoms with E-state index < -0.39 is 36.5 Å². The van der Waals surface area contributed by atoms with Crippen molar-refractivity contribution >= 4 is 11.9 Å². The van der Waals surface area contributed by atoms with Gasteiger partial charge in [0.05, 0.1) is 23.3 Å². The summed E-state index contributed by atoms with van der Waals surface area (Å²) in [7, 11) is 0. The van der Waals surface area contributed by atoms with Gasteiger partial charge in [0, 0.05) is 6.42 Å². The third-order valence-electron chi connectivity index (χ3n) is 4.58. The number of hydrogen-bond donors (Lipinski definition) is 0. The Hall–Kier alpha value is -2.70. The van der Waals surface area contributed by atoms with Crippen LogP contribution in [0.1, 0.15) is 47.9 Å². The molecule has 0 aliphatic carbocycles. The van der Waals surface area contributed by atoms with Gasteiger partial charge in [0.2, 0.25) is 0 Å². The highest BCUT2D eigenvalue weighted by atomic mass is 16.7. The maximum absolute atomic E-state index is 12.5. The minimum Gasteiger partial charge on any atom is -0.456 e. The SMILES string of the molecule is CC(C)O[C@@H]1OC(C)[C@H](OC(=O)c2ccccc2)CC1OC(=O)c1ccccc1. The zero-order valence-electron chi connectivity index (χ0n) is 16.8. The number of ether oxygens (including phenoxy) is 4. The Bertz CT molecular complexity index is 805. The van der Waals surface area contributed by atoms with Gasteiger partial charge >= 0.3 is 11.9 Å². The molecule has 2 aromatic carbocycles. The van der Waals surface area contributed by atoms with Crippen molar-refractivity contribution in [1.29, 1.82) is 0 Å². The molecule has 1 saturated heterocycles. The number of carbonyl (C=O) groups excluding carboxylic acids is 2. The van der Waals surface area contributed by atoms with E-state index in [1.807, 2.05) is 32.9 Å². The first-order valence-corrected chi connectivity index (χ1v) is 9.77. The van der Waals surface area contributed by atoms with Crippen LogP contribution < -0.4 is 0 Å². The van der Waals surface area contributed by atoms with Crippen LogP contribution in [0.25, 0.3) is 0 Å². The molecule has 1 fully saturated rings. The molecule has 2 aromatic rings. The van der Waals surface area contributed by atoms with E-state index in [2.05, 4.69) is 0 Å². The van der Waals surface area contributed by atoms with E-state index in [9.17, 15) is 9.59 Å². The molecule has 0 saturated carbocycles. The Labute approximate surface area is 170 Å². The van der Waals surface area contributed by atoms with Crippen LogP contribution in [-0.2, 0) is 18.9 Å². The van der Waals surface area contributed by atoms with Gasteiger partial charge in [0.25, 0.3) is 0 Å². The van der Waals surface area contributed by atoms with Gasteiger partial charge in [-0.2, -0.15) is 0 Å². The zero-order valence-corrected chi connectivity index (χ0v) is 16.8. The summed E-state index contributed by atoms with van der Waals surface area (Å²) in [6, 6.07) is 17.5. The largest absolute Gasteiger partial charge is 0.456 e. The first-order valence-electron chi connectivity index (χ1n) is 9.77. The molecule has 1 aliphatic rings. The fraction of sp³-hybridized carbons (Fsp3) is 0.391. The van der Waals surface area contributed by atoms with E-state index in [1.165, 1.54) is 0 Å². The highest BCUT2D eigenvalue weighted by molar-refractivity contribution is 5.90. The monoisotopic (exact) mass is 398 g/mol. The van der Waals surface area contributed by atoms with Crippen molar-refractivity contribution < 1.29 is 28.5 Å². The summed E-state index contributed by atoms with van der Waals surface area (Å²) in [4.78, 5) is 25.0. The molecule has 1 heterocycles. The molecule has 0 N–H and O–H groups in total. The number of carbonyl (C=O) groups is 2. The van der Waals surface area contributed by atoms with E-state index in [0.29, 0.717) is 11.1 Å². The van der Waals surface area contributed by atoms with Gasteiger partial charge in [-0.3, -0.25) is 0 Å². The van der Waals surface area contributed by atoms with Gasteiger partial charge in [0.15, 0.2) is 12.4 Å². The van der Waals surface area contributed by atoms with Crippen molar-refractivity contribution in [2.75, 3.05) is 0 Å². The Balaban J connectivity index is 1.72. The molecule has 154 valence electrons. The molecule has 2 unspecified atom stereocenters. The van der Waals surface area contributed by atoms with Crippen LogP contribution in [0.3, 0.4) is 0 Å². The van der Waals surface area contributed by atoms with E-state index in [-0.39, 0.29) is 12.5 Å². The topological polar surface area (TPSA) is 71.1 Å². The molecule has 0 amide bonds. The van der Waals surface area contributed by atoms with Gasteiger partial charge < -0.3 is 18.9 Å². The maximum Gasteiger partial charge on any atom is 0.338 e. The molecule has 6 nitrogen and oxygen atoms in total. The summed E-state index contributed by atoms with van der Waals surface area (Å²) in [5.74, 6) is -0.915. The molecule has 0 bridgehead atoms.